The molecule has 28 heavy (non-hydrogen) atoms. The molecule has 0 radical (unpaired) electrons. The van der Waals surface area contributed by atoms with E-state index in [1.54, 1.807) is 0 Å². The molecule has 4 aliphatic carbocycles. The Kier molecular flexibility index (Phi) is 5.71. The number of hydrogen-bond acceptors (Lipinski definition) is 2. The molecule has 4 aliphatic rings. The van der Waals surface area contributed by atoms with E-state index >= 15 is 0 Å². The molecule has 0 amide bonds. The van der Waals surface area contributed by atoms with Gasteiger partial charge in [-0.1, -0.05) is 53.9 Å². The third-order valence-electron chi connectivity index (χ3n) is 10.9. The van der Waals surface area contributed by atoms with E-state index in [0.29, 0.717) is 40.4 Å². The first kappa shape index (κ1) is 21.2. The van der Waals surface area contributed by atoms with Crippen molar-refractivity contribution in [2.45, 2.75) is 111 Å². The third kappa shape index (κ3) is 2.95. The Hall–Kier alpha value is -0.0800. The van der Waals surface area contributed by atoms with Gasteiger partial charge in [0.15, 0.2) is 0 Å². The van der Waals surface area contributed by atoms with Gasteiger partial charge in [-0.3, -0.25) is 0 Å². The zero-order chi connectivity index (χ0) is 20.3. The third-order valence-corrected chi connectivity index (χ3v) is 10.9. The minimum absolute atomic E-state index is 0.143. The summed E-state index contributed by atoms with van der Waals surface area (Å²) < 4.78 is 0. The Balaban J connectivity index is 1.67. The fourth-order valence-corrected chi connectivity index (χ4v) is 9.59. The highest BCUT2D eigenvalue weighted by Crippen LogP contribution is 2.69. The van der Waals surface area contributed by atoms with Gasteiger partial charge in [-0.15, -0.1) is 0 Å². The van der Waals surface area contributed by atoms with E-state index in [0.717, 1.165) is 31.1 Å². The molecule has 2 N–H and O–H groups in total. The van der Waals surface area contributed by atoms with Crippen LogP contribution in [0.3, 0.4) is 0 Å². The summed E-state index contributed by atoms with van der Waals surface area (Å²) in [5.41, 5.74) is 0.769. The standard InChI is InChI=1S/C26H46O2/c1-6-8-16(3)19-9-10-20-23-21(12-14-25(19,20)4)26(5)13-11-17(27)15-22(26)18(7-2)24(23)28/h16-24,27-28H,6-15H2,1-5H3/t16?,17-,18-,19-,20?,21?,22+,23+,24?,25-,26-/m1/s1. The molecule has 4 saturated carbocycles. The van der Waals surface area contributed by atoms with Crippen LogP contribution in [0.1, 0.15) is 98.8 Å². The van der Waals surface area contributed by atoms with Crippen LogP contribution in [0.5, 0.6) is 0 Å². The maximum absolute atomic E-state index is 11.7. The molecule has 2 nitrogen and oxygen atoms in total. The van der Waals surface area contributed by atoms with Crippen LogP contribution in [-0.2, 0) is 0 Å². The summed E-state index contributed by atoms with van der Waals surface area (Å²) in [6.45, 7) is 12.3. The van der Waals surface area contributed by atoms with Crippen molar-refractivity contribution in [2.75, 3.05) is 0 Å². The van der Waals surface area contributed by atoms with Crippen LogP contribution in [0.2, 0.25) is 0 Å². The lowest BCUT2D eigenvalue weighted by molar-refractivity contribution is -0.203. The molecule has 0 aliphatic heterocycles. The monoisotopic (exact) mass is 390 g/mol. The molecule has 0 aromatic heterocycles. The highest BCUT2D eigenvalue weighted by Gasteiger charge is 2.64. The van der Waals surface area contributed by atoms with Crippen molar-refractivity contribution < 1.29 is 10.2 Å². The Labute approximate surface area is 173 Å². The van der Waals surface area contributed by atoms with Gasteiger partial charge in [0.25, 0.3) is 0 Å². The summed E-state index contributed by atoms with van der Waals surface area (Å²) in [5.74, 6) is 4.45. The molecule has 0 heterocycles. The van der Waals surface area contributed by atoms with E-state index in [1.165, 1.54) is 44.9 Å². The van der Waals surface area contributed by atoms with Crippen LogP contribution in [-0.4, -0.2) is 22.4 Å². The molecule has 4 fully saturated rings. The second-order valence-electron chi connectivity index (χ2n) is 11.9. The van der Waals surface area contributed by atoms with Gasteiger partial charge in [0.2, 0.25) is 0 Å². The van der Waals surface area contributed by atoms with Crippen LogP contribution in [0, 0.1) is 52.3 Å². The van der Waals surface area contributed by atoms with Gasteiger partial charge in [0.1, 0.15) is 0 Å². The number of rotatable bonds is 4. The minimum Gasteiger partial charge on any atom is -0.393 e. The first-order valence-electron chi connectivity index (χ1n) is 12.6. The number of hydrogen-bond donors (Lipinski definition) is 2. The molecule has 0 saturated heterocycles. The molecule has 11 atom stereocenters. The largest absolute Gasteiger partial charge is 0.393 e. The lowest BCUT2D eigenvalue weighted by Gasteiger charge is -2.64. The van der Waals surface area contributed by atoms with Crippen molar-refractivity contribution in [2.24, 2.45) is 52.3 Å². The van der Waals surface area contributed by atoms with Gasteiger partial charge >= 0.3 is 0 Å². The molecule has 0 bridgehead atoms. The van der Waals surface area contributed by atoms with Crippen LogP contribution in [0.15, 0.2) is 0 Å². The van der Waals surface area contributed by atoms with Crippen LogP contribution < -0.4 is 0 Å². The van der Waals surface area contributed by atoms with Gasteiger partial charge in [0.05, 0.1) is 12.2 Å². The lowest BCUT2D eigenvalue weighted by Crippen LogP contribution is -2.62. The van der Waals surface area contributed by atoms with Gasteiger partial charge in [-0.05, 0) is 97.2 Å². The predicted molar refractivity (Wildman–Crippen MR) is 116 cm³/mol. The van der Waals surface area contributed by atoms with E-state index in [4.69, 9.17) is 0 Å². The van der Waals surface area contributed by atoms with Crippen molar-refractivity contribution in [1.82, 2.24) is 0 Å². The maximum Gasteiger partial charge on any atom is 0.0605 e. The average molecular weight is 391 g/mol. The van der Waals surface area contributed by atoms with E-state index in [1.807, 2.05) is 0 Å². The Bertz CT molecular complexity index is 561. The lowest BCUT2D eigenvalue weighted by atomic mass is 9.41. The van der Waals surface area contributed by atoms with Gasteiger partial charge in [-0.25, -0.2) is 0 Å². The van der Waals surface area contributed by atoms with Crippen molar-refractivity contribution in [3.8, 4) is 0 Å². The molecule has 4 unspecified atom stereocenters. The number of aliphatic hydroxyl groups excluding tert-OH is 2. The predicted octanol–water partition coefficient (Wildman–Crippen LogP) is 6.05. The normalized spacial score (nSPS) is 54.5. The van der Waals surface area contributed by atoms with E-state index in [9.17, 15) is 10.2 Å². The molecule has 4 rings (SSSR count). The zero-order valence-electron chi connectivity index (χ0n) is 19.2. The second kappa shape index (κ2) is 7.56. The van der Waals surface area contributed by atoms with E-state index in [-0.39, 0.29) is 12.2 Å². The molecule has 0 spiro atoms. The molecular weight excluding hydrogens is 344 g/mol. The van der Waals surface area contributed by atoms with E-state index in [2.05, 4.69) is 34.6 Å². The van der Waals surface area contributed by atoms with Crippen molar-refractivity contribution in [3.05, 3.63) is 0 Å². The quantitative estimate of drug-likeness (QED) is 0.613. The van der Waals surface area contributed by atoms with Crippen LogP contribution >= 0.6 is 0 Å². The molecule has 0 aromatic carbocycles. The second-order valence-corrected chi connectivity index (χ2v) is 11.9. The van der Waals surface area contributed by atoms with Crippen LogP contribution in [0.25, 0.3) is 0 Å². The first-order chi connectivity index (χ1) is 13.3. The van der Waals surface area contributed by atoms with Crippen molar-refractivity contribution in [1.29, 1.82) is 0 Å². The van der Waals surface area contributed by atoms with Crippen molar-refractivity contribution in [3.63, 3.8) is 0 Å². The Morgan fingerprint density at radius 2 is 1.57 bits per heavy atom. The highest BCUT2D eigenvalue weighted by molar-refractivity contribution is 5.13. The first-order valence-corrected chi connectivity index (χ1v) is 12.6. The summed E-state index contributed by atoms with van der Waals surface area (Å²) in [5, 5.41) is 22.1. The summed E-state index contributed by atoms with van der Waals surface area (Å²) in [6, 6.07) is 0. The number of fused-ring (bicyclic) bond motifs is 5. The van der Waals surface area contributed by atoms with Gasteiger partial charge in [-0.2, -0.15) is 0 Å². The van der Waals surface area contributed by atoms with Gasteiger partial charge in [0, 0.05) is 0 Å². The average Bonchev–Trinajstić information content (AvgIpc) is 3.01. The zero-order valence-corrected chi connectivity index (χ0v) is 19.2. The fraction of sp³-hybridized carbons (Fsp3) is 1.00. The van der Waals surface area contributed by atoms with Gasteiger partial charge < -0.3 is 10.2 Å². The smallest absolute Gasteiger partial charge is 0.0605 e. The highest BCUT2D eigenvalue weighted by atomic mass is 16.3. The van der Waals surface area contributed by atoms with E-state index < -0.39 is 0 Å². The number of aliphatic hydroxyl groups is 2. The maximum atomic E-state index is 11.7. The SMILES string of the molecule is CCCC(C)[C@H]1CCC2[C@@H]3C(O)[C@H](CC)[C@@H]4C[C@H](O)CC[C@]4(C)C3CC[C@@]21C. The van der Waals surface area contributed by atoms with Crippen molar-refractivity contribution >= 4 is 0 Å². The molecule has 162 valence electrons. The summed E-state index contributed by atoms with van der Waals surface area (Å²) in [7, 11) is 0. The Morgan fingerprint density at radius 3 is 2.25 bits per heavy atom. The Morgan fingerprint density at radius 1 is 0.893 bits per heavy atom. The minimum atomic E-state index is -0.150. The molecular formula is C26H46O2. The van der Waals surface area contributed by atoms with Crippen LogP contribution in [0.4, 0.5) is 0 Å². The topological polar surface area (TPSA) is 40.5 Å². The molecule has 2 heteroatoms. The fourth-order valence-electron chi connectivity index (χ4n) is 9.59. The molecule has 0 aromatic rings. The summed E-state index contributed by atoms with van der Waals surface area (Å²) in [6.07, 6.45) is 11.9. The summed E-state index contributed by atoms with van der Waals surface area (Å²) in [4.78, 5) is 0. The summed E-state index contributed by atoms with van der Waals surface area (Å²) >= 11 is 0.